The first-order valence-electron chi connectivity index (χ1n) is 9.85. The number of hydrogen-bond acceptors (Lipinski definition) is 5. The number of nitrogens with zero attached hydrogens (tertiary/aromatic N) is 1. The van der Waals surface area contributed by atoms with Gasteiger partial charge < -0.3 is 14.8 Å². The number of methoxy groups -OCH3 is 2. The van der Waals surface area contributed by atoms with Crippen molar-refractivity contribution in [2.24, 2.45) is 0 Å². The molecule has 7 nitrogen and oxygen atoms in total. The van der Waals surface area contributed by atoms with E-state index in [9.17, 15) is 13.2 Å². The smallest absolute Gasteiger partial charge is 0.243 e. The van der Waals surface area contributed by atoms with Crippen LogP contribution in [0.4, 0.5) is 5.69 Å². The third kappa shape index (κ3) is 6.43. The number of nitrogens with one attached hydrogen (secondary N) is 1. The molecule has 3 aromatic carbocycles. The average Bonchev–Trinajstić information content (AvgIpc) is 2.80. The fourth-order valence-electron chi connectivity index (χ4n) is 3.08. The molecular weight excluding hydrogens is 567 g/mol. The van der Waals surface area contributed by atoms with Crippen molar-refractivity contribution < 1.29 is 22.7 Å². The second kappa shape index (κ2) is 11.4. The minimum absolute atomic E-state index is 0.0348. The van der Waals surface area contributed by atoms with Gasteiger partial charge in [-0.25, -0.2) is 8.42 Å². The molecule has 11 heteroatoms. The van der Waals surface area contributed by atoms with Crippen molar-refractivity contribution in [1.29, 1.82) is 0 Å². The number of rotatable bonds is 9. The number of carbonyl (C=O) groups excluding carboxylic acids is 1. The molecule has 0 spiro atoms. The molecule has 0 atom stereocenters. The number of anilines is 1. The van der Waals surface area contributed by atoms with Crippen LogP contribution in [0.15, 0.2) is 70.0 Å². The molecule has 0 aromatic heterocycles. The summed E-state index contributed by atoms with van der Waals surface area (Å²) in [7, 11) is -1.10. The van der Waals surface area contributed by atoms with E-state index >= 15 is 0 Å². The largest absolute Gasteiger partial charge is 0.497 e. The van der Waals surface area contributed by atoms with E-state index in [1.54, 1.807) is 42.5 Å². The molecule has 0 aliphatic rings. The third-order valence-electron chi connectivity index (χ3n) is 4.81. The first-order valence-corrected chi connectivity index (χ1v) is 12.8. The van der Waals surface area contributed by atoms with Gasteiger partial charge in [0.25, 0.3) is 0 Å². The fraction of sp³-hybridized carbons (Fsp3) is 0.174. The second-order valence-electron chi connectivity index (χ2n) is 7.08. The lowest BCUT2D eigenvalue weighted by molar-refractivity contribution is -0.116. The van der Waals surface area contributed by atoms with Crippen molar-refractivity contribution in [1.82, 2.24) is 4.31 Å². The number of sulfonamides is 1. The van der Waals surface area contributed by atoms with Crippen LogP contribution >= 0.6 is 39.1 Å². The molecule has 0 aliphatic heterocycles. The fourth-order valence-corrected chi connectivity index (χ4v) is 5.19. The highest BCUT2D eigenvalue weighted by Gasteiger charge is 2.28. The lowest BCUT2D eigenvalue weighted by Gasteiger charge is -2.23. The van der Waals surface area contributed by atoms with Crippen molar-refractivity contribution >= 4 is 60.7 Å². The summed E-state index contributed by atoms with van der Waals surface area (Å²) < 4.78 is 39.2. The minimum atomic E-state index is -4.05. The van der Waals surface area contributed by atoms with Gasteiger partial charge in [0.15, 0.2) is 0 Å². The Morgan fingerprint density at radius 2 is 1.71 bits per heavy atom. The van der Waals surface area contributed by atoms with Crippen LogP contribution in [-0.2, 0) is 21.4 Å². The summed E-state index contributed by atoms with van der Waals surface area (Å²) in [6.07, 6.45) is 0. The van der Waals surface area contributed by atoms with Crippen LogP contribution in [0.25, 0.3) is 0 Å². The maximum absolute atomic E-state index is 13.5. The van der Waals surface area contributed by atoms with Crippen LogP contribution in [0.5, 0.6) is 11.5 Å². The maximum atomic E-state index is 13.5. The molecule has 0 saturated carbocycles. The zero-order valence-electron chi connectivity index (χ0n) is 18.2. The molecule has 0 saturated heterocycles. The Labute approximate surface area is 216 Å². The van der Waals surface area contributed by atoms with Crippen molar-refractivity contribution in [2.75, 3.05) is 26.1 Å². The average molecular weight is 588 g/mol. The first kappa shape index (κ1) is 26.3. The van der Waals surface area contributed by atoms with E-state index < -0.39 is 22.5 Å². The van der Waals surface area contributed by atoms with E-state index in [1.165, 1.54) is 32.4 Å². The summed E-state index contributed by atoms with van der Waals surface area (Å²) in [5, 5.41) is 3.40. The molecule has 0 unspecified atom stereocenters. The van der Waals surface area contributed by atoms with Crippen LogP contribution in [-0.4, -0.2) is 39.4 Å². The molecule has 1 amide bonds. The van der Waals surface area contributed by atoms with Crippen LogP contribution in [0.2, 0.25) is 10.0 Å². The molecule has 3 rings (SSSR count). The molecule has 34 heavy (non-hydrogen) atoms. The van der Waals surface area contributed by atoms with Gasteiger partial charge in [-0.2, -0.15) is 4.31 Å². The van der Waals surface area contributed by atoms with Gasteiger partial charge >= 0.3 is 0 Å². The highest BCUT2D eigenvalue weighted by Crippen LogP contribution is 2.30. The zero-order chi connectivity index (χ0) is 24.9. The Hall–Kier alpha value is -2.30. The third-order valence-corrected chi connectivity index (χ3v) is 7.74. The highest BCUT2D eigenvalue weighted by molar-refractivity contribution is 9.10. The first-order chi connectivity index (χ1) is 16.1. The molecule has 0 radical (unpaired) electrons. The molecule has 1 N–H and O–H groups in total. The van der Waals surface area contributed by atoms with Gasteiger partial charge in [0.1, 0.15) is 11.5 Å². The summed E-state index contributed by atoms with van der Waals surface area (Å²) in [5.74, 6) is 0.331. The Kier molecular flexibility index (Phi) is 8.83. The van der Waals surface area contributed by atoms with E-state index in [2.05, 4.69) is 21.2 Å². The van der Waals surface area contributed by atoms with Crippen LogP contribution in [0.1, 0.15) is 5.56 Å². The lowest BCUT2D eigenvalue weighted by atomic mass is 10.2. The predicted molar refractivity (Wildman–Crippen MR) is 136 cm³/mol. The molecule has 0 aliphatic carbocycles. The van der Waals surface area contributed by atoms with E-state index in [4.69, 9.17) is 32.7 Å². The quantitative estimate of drug-likeness (QED) is 0.352. The monoisotopic (exact) mass is 586 g/mol. The Morgan fingerprint density at radius 1 is 1.00 bits per heavy atom. The van der Waals surface area contributed by atoms with E-state index in [0.29, 0.717) is 32.8 Å². The van der Waals surface area contributed by atoms with E-state index in [-0.39, 0.29) is 11.4 Å². The summed E-state index contributed by atoms with van der Waals surface area (Å²) in [6, 6.07) is 15.8. The van der Waals surface area contributed by atoms with Gasteiger partial charge in [0.2, 0.25) is 15.9 Å². The van der Waals surface area contributed by atoms with Gasteiger partial charge in [-0.15, -0.1) is 0 Å². The normalized spacial score (nSPS) is 11.4. The van der Waals surface area contributed by atoms with Gasteiger partial charge in [0, 0.05) is 27.1 Å². The second-order valence-corrected chi connectivity index (χ2v) is 10.8. The summed E-state index contributed by atoms with van der Waals surface area (Å²) in [5.41, 5.74) is 0.843. The van der Waals surface area contributed by atoms with E-state index in [0.717, 1.165) is 8.78 Å². The van der Waals surface area contributed by atoms with Crippen LogP contribution in [0, 0.1) is 0 Å². The number of amides is 1. The minimum Gasteiger partial charge on any atom is -0.497 e. The Morgan fingerprint density at radius 3 is 2.32 bits per heavy atom. The molecule has 0 fully saturated rings. The number of halogens is 3. The van der Waals surface area contributed by atoms with Crippen LogP contribution in [0.3, 0.4) is 0 Å². The summed E-state index contributed by atoms with van der Waals surface area (Å²) >= 11 is 15.6. The number of hydrogen-bond donors (Lipinski definition) is 1. The SMILES string of the molecule is COc1ccc(OC)c(NC(=O)CN(Cc2ccc(Cl)cc2Cl)S(=O)(=O)c2ccc(Br)cc2)c1. The molecule has 3 aromatic rings. The lowest BCUT2D eigenvalue weighted by Crippen LogP contribution is -2.37. The Balaban J connectivity index is 1.93. The van der Waals surface area contributed by atoms with Crippen molar-refractivity contribution in [3.63, 3.8) is 0 Å². The van der Waals surface area contributed by atoms with Crippen molar-refractivity contribution in [3.05, 3.63) is 80.7 Å². The number of carbonyl (C=O) groups is 1. The maximum Gasteiger partial charge on any atom is 0.243 e. The van der Waals surface area contributed by atoms with E-state index in [1.807, 2.05) is 0 Å². The molecule has 0 bridgehead atoms. The Bertz CT molecular complexity index is 1290. The van der Waals surface area contributed by atoms with Gasteiger partial charge in [0.05, 0.1) is 31.3 Å². The predicted octanol–water partition coefficient (Wildman–Crippen LogP) is 5.60. The van der Waals surface area contributed by atoms with Crippen molar-refractivity contribution in [2.45, 2.75) is 11.4 Å². The van der Waals surface area contributed by atoms with Gasteiger partial charge in [-0.1, -0.05) is 45.2 Å². The van der Waals surface area contributed by atoms with Gasteiger partial charge in [-0.05, 0) is 54.1 Å². The summed E-state index contributed by atoms with van der Waals surface area (Å²) in [6.45, 7) is -0.616. The van der Waals surface area contributed by atoms with Gasteiger partial charge in [-0.3, -0.25) is 4.79 Å². The summed E-state index contributed by atoms with van der Waals surface area (Å²) in [4.78, 5) is 13.0. The van der Waals surface area contributed by atoms with Crippen molar-refractivity contribution in [3.8, 4) is 11.5 Å². The number of ether oxygens (including phenoxy) is 2. The van der Waals surface area contributed by atoms with Crippen LogP contribution < -0.4 is 14.8 Å². The molecule has 0 heterocycles. The molecular formula is C23H21BrCl2N2O5S. The topological polar surface area (TPSA) is 84.9 Å². The zero-order valence-corrected chi connectivity index (χ0v) is 22.1. The number of benzene rings is 3. The molecule has 180 valence electrons. The highest BCUT2D eigenvalue weighted by atomic mass is 79.9. The standard InChI is InChI=1S/C23H21BrCl2N2O5S/c1-32-18-7-10-22(33-2)21(12-18)27-23(29)14-28(13-15-3-6-17(25)11-20(15)26)34(30,31)19-8-4-16(24)5-9-19/h3-12H,13-14H2,1-2H3,(H,27,29).